The second kappa shape index (κ2) is 4.55. The van der Waals surface area contributed by atoms with Crippen LogP contribution in [0.25, 0.3) is 0 Å². The first-order chi connectivity index (χ1) is 6.77. The van der Waals surface area contributed by atoms with E-state index in [9.17, 15) is 4.79 Å². The van der Waals surface area contributed by atoms with E-state index in [1.54, 1.807) is 0 Å². The highest BCUT2D eigenvalue weighted by molar-refractivity contribution is 9.10. The predicted molar refractivity (Wildman–Crippen MR) is 62.0 cm³/mol. The Morgan fingerprint density at radius 1 is 1.71 bits per heavy atom. The lowest BCUT2D eigenvalue weighted by molar-refractivity contribution is 0.0975. The molecule has 14 heavy (non-hydrogen) atoms. The van der Waals surface area contributed by atoms with E-state index in [4.69, 9.17) is 0 Å². The van der Waals surface area contributed by atoms with Gasteiger partial charge < -0.3 is 5.32 Å². The third-order valence-electron chi connectivity index (χ3n) is 2.46. The van der Waals surface area contributed by atoms with E-state index in [0.717, 1.165) is 22.3 Å². The smallest absolute Gasteiger partial charge is 0.175 e. The van der Waals surface area contributed by atoms with E-state index in [1.165, 1.54) is 17.8 Å². The maximum Gasteiger partial charge on any atom is 0.175 e. The predicted octanol–water partition coefficient (Wildman–Crippen LogP) is 2.84. The fourth-order valence-electron chi connectivity index (χ4n) is 1.74. The minimum absolute atomic E-state index is 0.256. The number of rotatable bonds is 3. The molecule has 0 aliphatic carbocycles. The van der Waals surface area contributed by atoms with Crippen molar-refractivity contribution in [3.8, 4) is 0 Å². The van der Waals surface area contributed by atoms with Crippen LogP contribution in [0, 0.1) is 0 Å². The van der Waals surface area contributed by atoms with Gasteiger partial charge >= 0.3 is 0 Å². The van der Waals surface area contributed by atoms with Crippen LogP contribution >= 0.6 is 27.3 Å². The van der Waals surface area contributed by atoms with E-state index < -0.39 is 0 Å². The lowest BCUT2D eigenvalue weighted by atomic mass is 10.1. The fourth-order valence-corrected chi connectivity index (χ4v) is 3.28. The quantitative estimate of drug-likeness (QED) is 0.859. The molecule has 0 bridgehead atoms. The molecule has 1 aliphatic rings. The Morgan fingerprint density at radius 2 is 2.57 bits per heavy atom. The molecule has 1 aromatic rings. The van der Waals surface area contributed by atoms with Gasteiger partial charge in [0.2, 0.25) is 0 Å². The summed E-state index contributed by atoms with van der Waals surface area (Å²) in [5.74, 6) is 0.256. The average Bonchev–Trinajstić information content (AvgIpc) is 2.75. The maximum atomic E-state index is 11.8. The second-order valence-corrected chi connectivity index (χ2v) is 5.29. The van der Waals surface area contributed by atoms with Crippen LogP contribution in [0.4, 0.5) is 0 Å². The Bertz CT molecular complexity index is 331. The van der Waals surface area contributed by atoms with E-state index in [2.05, 4.69) is 21.2 Å². The van der Waals surface area contributed by atoms with E-state index in [1.807, 2.05) is 11.4 Å². The van der Waals surface area contributed by atoms with E-state index in [0.29, 0.717) is 12.5 Å². The van der Waals surface area contributed by atoms with Crippen LogP contribution in [0.1, 0.15) is 28.9 Å². The van der Waals surface area contributed by atoms with Gasteiger partial charge in [-0.15, -0.1) is 11.3 Å². The average molecular weight is 274 g/mol. The van der Waals surface area contributed by atoms with Gasteiger partial charge in [-0.2, -0.15) is 0 Å². The van der Waals surface area contributed by atoms with Crippen LogP contribution in [0.3, 0.4) is 0 Å². The van der Waals surface area contributed by atoms with E-state index >= 15 is 0 Å². The third kappa shape index (κ3) is 2.24. The van der Waals surface area contributed by atoms with E-state index in [-0.39, 0.29) is 5.78 Å². The number of ketones is 1. The molecule has 1 saturated heterocycles. The Morgan fingerprint density at radius 3 is 3.14 bits per heavy atom. The number of halogens is 1. The van der Waals surface area contributed by atoms with Gasteiger partial charge in [-0.1, -0.05) is 0 Å². The molecule has 2 heterocycles. The highest BCUT2D eigenvalue weighted by Crippen LogP contribution is 2.25. The van der Waals surface area contributed by atoms with Crippen molar-refractivity contribution in [1.29, 1.82) is 0 Å². The summed E-state index contributed by atoms with van der Waals surface area (Å²) in [4.78, 5) is 12.7. The van der Waals surface area contributed by atoms with Crippen molar-refractivity contribution in [3.05, 3.63) is 20.8 Å². The molecule has 0 aromatic carbocycles. The van der Waals surface area contributed by atoms with Crippen LogP contribution in [-0.4, -0.2) is 18.4 Å². The zero-order valence-electron chi connectivity index (χ0n) is 7.75. The lowest BCUT2D eigenvalue weighted by Gasteiger charge is -2.07. The summed E-state index contributed by atoms with van der Waals surface area (Å²) in [7, 11) is 0. The van der Waals surface area contributed by atoms with Crippen molar-refractivity contribution in [2.75, 3.05) is 6.54 Å². The number of carbonyl (C=O) groups excluding carboxylic acids is 1. The third-order valence-corrected chi connectivity index (χ3v) is 4.34. The summed E-state index contributed by atoms with van der Waals surface area (Å²) in [6, 6.07) is 2.33. The summed E-state index contributed by atoms with van der Waals surface area (Å²) in [5.41, 5.74) is 0. The largest absolute Gasteiger partial charge is 0.314 e. The number of nitrogens with one attached hydrogen (secondary N) is 1. The van der Waals surface area contributed by atoms with Crippen LogP contribution in [0.5, 0.6) is 0 Å². The van der Waals surface area contributed by atoms with Gasteiger partial charge in [0.05, 0.1) is 4.88 Å². The first-order valence-corrected chi connectivity index (χ1v) is 6.44. The maximum absolute atomic E-state index is 11.8. The van der Waals surface area contributed by atoms with Crippen LogP contribution < -0.4 is 5.32 Å². The molecule has 1 atom stereocenters. The van der Waals surface area contributed by atoms with Gasteiger partial charge in [0.1, 0.15) is 0 Å². The standard InChI is InChI=1S/C10H12BrNOS/c11-8-3-5-14-10(8)9(13)6-7-2-1-4-12-7/h3,5,7,12H,1-2,4,6H2. The number of hydrogen-bond acceptors (Lipinski definition) is 3. The summed E-state index contributed by atoms with van der Waals surface area (Å²) in [6.07, 6.45) is 2.97. The summed E-state index contributed by atoms with van der Waals surface area (Å²) in [6.45, 7) is 1.06. The number of Topliss-reactive ketones (excluding diaryl/α,β-unsaturated/α-hetero) is 1. The molecule has 1 unspecified atom stereocenters. The topological polar surface area (TPSA) is 29.1 Å². The Balaban J connectivity index is 1.98. The normalized spacial score (nSPS) is 21.4. The fraction of sp³-hybridized carbons (Fsp3) is 0.500. The molecule has 1 fully saturated rings. The van der Waals surface area contributed by atoms with Crippen molar-refractivity contribution < 1.29 is 4.79 Å². The summed E-state index contributed by atoms with van der Waals surface area (Å²) >= 11 is 4.90. The molecule has 4 heteroatoms. The van der Waals surface area contributed by atoms with Crippen LogP contribution in [0.2, 0.25) is 0 Å². The molecule has 2 rings (SSSR count). The molecule has 0 radical (unpaired) electrons. The molecule has 1 aromatic heterocycles. The van der Waals surface area contributed by atoms with Crippen LogP contribution in [0.15, 0.2) is 15.9 Å². The highest BCUT2D eigenvalue weighted by Gasteiger charge is 2.20. The highest BCUT2D eigenvalue weighted by atomic mass is 79.9. The molecule has 1 aliphatic heterocycles. The Hall–Kier alpha value is -0.190. The zero-order chi connectivity index (χ0) is 9.97. The second-order valence-electron chi connectivity index (χ2n) is 3.52. The molecule has 0 saturated carbocycles. The molecule has 1 N–H and O–H groups in total. The first kappa shape index (κ1) is 10.3. The van der Waals surface area contributed by atoms with Crippen molar-refractivity contribution in [2.45, 2.75) is 25.3 Å². The Labute approximate surface area is 95.8 Å². The minimum atomic E-state index is 0.256. The molecule has 0 amide bonds. The minimum Gasteiger partial charge on any atom is -0.314 e. The van der Waals surface area contributed by atoms with Crippen molar-refractivity contribution in [3.63, 3.8) is 0 Å². The van der Waals surface area contributed by atoms with Gasteiger partial charge in [0.15, 0.2) is 5.78 Å². The molecule has 76 valence electrons. The first-order valence-electron chi connectivity index (χ1n) is 4.77. The monoisotopic (exact) mass is 273 g/mol. The van der Waals surface area contributed by atoms with Gasteiger partial charge in [-0.3, -0.25) is 4.79 Å². The molecular formula is C10H12BrNOS. The molecule has 2 nitrogen and oxygen atoms in total. The van der Waals surface area contributed by atoms with Gasteiger partial charge in [0.25, 0.3) is 0 Å². The van der Waals surface area contributed by atoms with Gasteiger partial charge in [-0.25, -0.2) is 0 Å². The number of hydrogen-bond donors (Lipinski definition) is 1. The van der Waals surface area contributed by atoms with Crippen molar-refractivity contribution in [1.82, 2.24) is 5.32 Å². The van der Waals surface area contributed by atoms with Crippen molar-refractivity contribution in [2.24, 2.45) is 0 Å². The molecular weight excluding hydrogens is 262 g/mol. The van der Waals surface area contributed by atoms with Crippen molar-refractivity contribution >= 4 is 33.0 Å². The number of carbonyl (C=O) groups is 1. The van der Waals surface area contributed by atoms with Gasteiger partial charge in [-0.05, 0) is 46.8 Å². The zero-order valence-corrected chi connectivity index (χ0v) is 10.2. The number of thiophene rings is 1. The molecule has 0 spiro atoms. The Kier molecular flexibility index (Phi) is 3.36. The van der Waals surface area contributed by atoms with Crippen LogP contribution in [-0.2, 0) is 0 Å². The summed E-state index contributed by atoms with van der Waals surface area (Å²) < 4.78 is 0.936. The summed E-state index contributed by atoms with van der Waals surface area (Å²) in [5, 5.41) is 5.28. The lowest BCUT2D eigenvalue weighted by Crippen LogP contribution is -2.24. The van der Waals surface area contributed by atoms with Gasteiger partial charge in [0, 0.05) is 16.9 Å². The SMILES string of the molecule is O=C(CC1CCCN1)c1sccc1Br.